The maximum absolute atomic E-state index is 10.8. The van der Waals surface area contributed by atoms with Gasteiger partial charge in [0.2, 0.25) is 0 Å². The quantitative estimate of drug-likeness (QED) is 0.699. The lowest BCUT2D eigenvalue weighted by atomic mass is 10.1. The Morgan fingerprint density at radius 2 is 2.11 bits per heavy atom. The van der Waals surface area contributed by atoms with Gasteiger partial charge in [0, 0.05) is 24.4 Å². The second-order valence-corrected chi connectivity index (χ2v) is 5.28. The number of carboxylic acids is 1. The Hall–Kier alpha value is -1.15. The molecule has 6 nitrogen and oxygen atoms in total. The van der Waals surface area contributed by atoms with E-state index in [1.807, 2.05) is 0 Å². The molecule has 0 aliphatic rings. The average molecular weight is 306 g/mol. The van der Waals surface area contributed by atoms with E-state index >= 15 is 0 Å². The van der Waals surface area contributed by atoms with E-state index in [4.69, 9.17) is 16.7 Å². The predicted molar refractivity (Wildman–Crippen MR) is 70.3 cm³/mol. The number of nitrogens with zero attached hydrogens (tertiary/aromatic N) is 1. The van der Waals surface area contributed by atoms with Crippen LogP contribution in [-0.4, -0.2) is 43.2 Å². The number of aliphatic hydroxyl groups is 2. The monoisotopic (exact) mass is 305 g/mol. The molecule has 1 rings (SSSR count). The summed E-state index contributed by atoms with van der Waals surface area (Å²) in [6.45, 7) is 1.34. The Labute approximate surface area is 118 Å². The maximum Gasteiger partial charge on any atom is 0.337 e. The number of carboxylic acid groups (broad SMARTS) is 1. The lowest BCUT2D eigenvalue weighted by molar-refractivity contribution is -0.109. The molecule has 1 aromatic rings. The van der Waals surface area contributed by atoms with Crippen LogP contribution in [0.2, 0.25) is 5.15 Å². The van der Waals surface area contributed by atoms with Crippen molar-refractivity contribution < 1.29 is 24.9 Å². The zero-order valence-electron chi connectivity index (χ0n) is 9.91. The molecule has 1 aromatic heterocycles. The Morgan fingerprint density at radius 3 is 2.63 bits per heavy atom. The van der Waals surface area contributed by atoms with Crippen LogP contribution < -0.4 is 0 Å². The number of aromatic nitrogens is 1. The highest BCUT2D eigenvalue weighted by atomic mass is 35.5. The van der Waals surface area contributed by atoms with Crippen LogP contribution in [0.1, 0.15) is 28.9 Å². The van der Waals surface area contributed by atoms with Gasteiger partial charge in [-0.05, 0) is 6.07 Å². The summed E-state index contributed by atoms with van der Waals surface area (Å²) in [5, 5.41) is 28.1. The molecule has 104 valence electrons. The van der Waals surface area contributed by atoms with Crippen molar-refractivity contribution >= 4 is 34.4 Å². The van der Waals surface area contributed by atoms with Gasteiger partial charge in [-0.15, -0.1) is 0 Å². The fraction of sp³-hybridized carbons (Fsp3) is 0.364. The molecule has 2 unspecified atom stereocenters. The Kier molecular flexibility index (Phi) is 5.74. The first-order valence-electron chi connectivity index (χ1n) is 5.21. The lowest BCUT2D eigenvalue weighted by Gasteiger charge is -2.18. The third-order valence-electron chi connectivity index (χ3n) is 2.25. The van der Waals surface area contributed by atoms with E-state index in [-0.39, 0.29) is 27.1 Å². The third-order valence-corrected chi connectivity index (χ3v) is 3.48. The first-order chi connectivity index (χ1) is 8.82. The second-order valence-electron chi connectivity index (χ2n) is 3.72. The molecule has 0 saturated carbocycles. The predicted octanol–water partition coefficient (Wildman–Crippen LogP) is 1.11. The van der Waals surface area contributed by atoms with E-state index in [2.05, 4.69) is 4.98 Å². The van der Waals surface area contributed by atoms with Crippen molar-refractivity contribution in [1.29, 1.82) is 0 Å². The maximum atomic E-state index is 10.8. The number of aromatic carboxylic acids is 1. The number of hydrogen-bond donors (Lipinski definition) is 3. The highest BCUT2D eigenvalue weighted by Gasteiger charge is 2.23. The molecule has 0 bridgehead atoms. The van der Waals surface area contributed by atoms with Crippen LogP contribution in [0.5, 0.6) is 0 Å². The van der Waals surface area contributed by atoms with Crippen LogP contribution in [0.3, 0.4) is 0 Å². The minimum Gasteiger partial charge on any atom is -0.478 e. The normalized spacial score (nSPS) is 13.9. The number of pyridine rings is 1. The molecular weight excluding hydrogens is 294 g/mol. The molecule has 3 N–H and O–H groups in total. The van der Waals surface area contributed by atoms with Crippen LogP contribution in [0.15, 0.2) is 12.3 Å². The van der Waals surface area contributed by atoms with Gasteiger partial charge in [-0.3, -0.25) is 4.79 Å². The average Bonchev–Trinajstić information content (AvgIpc) is 2.35. The van der Waals surface area contributed by atoms with Crippen LogP contribution >= 0.6 is 23.4 Å². The zero-order valence-corrected chi connectivity index (χ0v) is 11.5. The molecule has 0 aromatic carbocycles. The van der Waals surface area contributed by atoms with Gasteiger partial charge in [0.05, 0.1) is 11.7 Å². The van der Waals surface area contributed by atoms with E-state index in [0.29, 0.717) is 0 Å². The molecule has 8 heteroatoms. The topological polar surface area (TPSA) is 108 Å². The molecule has 0 spiro atoms. The van der Waals surface area contributed by atoms with Gasteiger partial charge in [-0.25, -0.2) is 9.78 Å². The van der Waals surface area contributed by atoms with Crippen LogP contribution in [0.25, 0.3) is 0 Å². The fourth-order valence-electron chi connectivity index (χ4n) is 1.29. The molecule has 0 aliphatic carbocycles. The van der Waals surface area contributed by atoms with Crippen molar-refractivity contribution in [3.63, 3.8) is 0 Å². The summed E-state index contributed by atoms with van der Waals surface area (Å²) in [5.74, 6) is -1.24. The lowest BCUT2D eigenvalue weighted by Crippen LogP contribution is -2.22. The van der Waals surface area contributed by atoms with Gasteiger partial charge in [-0.1, -0.05) is 23.4 Å². The largest absolute Gasteiger partial charge is 0.478 e. The van der Waals surface area contributed by atoms with Gasteiger partial charge in [0.15, 0.2) is 5.12 Å². The minimum atomic E-state index is -1.41. The standard InChI is InChI=1S/C11H12ClNO5S/c1-5(14)19-4-8(15)9(16)7-2-6(11(17)18)3-13-10(7)12/h2-3,8-9,15-16H,4H2,1H3,(H,17,18). The van der Waals surface area contributed by atoms with Crippen molar-refractivity contribution in [2.24, 2.45) is 0 Å². The number of carbonyl (C=O) groups is 2. The molecule has 2 atom stereocenters. The van der Waals surface area contributed by atoms with E-state index in [9.17, 15) is 19.8 Å². The molecule has 0 radical (unpaired) electrons. The van der Waals surface area contributed by atoms with Gasteiger partial charge in [-0.2, -0.15) is 0 Å². The SMILES string of the molecule is CC(=O)SCC(O)C(O)c1cc(C(=O)O)cnc1Cl. The summed E-state index contributed by atoms with van der Waals surface area (Å²) in [7, 11) is 0. The van der Waals surface area contributed by atoms with Crippen molar-refractivity contribution in [3.8, 4) is 0 Å². The minimum absolute atomic E-state index is 0.0122. The number of rotatable bonds is 5. The van der Waals surface area contributed by atoms with Gasteiger partial charge >= 0.3 is 5.97 Å². The van der Waals surface area contributed by atoms with Crippen molar-refractivity contribution in [1.82, 2.24) is 4.98 Å². The van der Waals surface area contributed by atoms with E-state index in [0.717, 1.165) is 24.0 Å². The zero-order chi connectivity index (χ0) is 14.6. The summed E-state index contributed by atoms with van der Waals surface area (Å²) < 4.78 is 0. The molecule has 0 aliphatic heterocycles. The first kappa shape index (κ1) is 15.9. The molecule has 19 heavy (non-hydrogen) atoms. The highest BCUT2D eigenvalue weighted by Crippen LogP contribution is 2.26. The van der Waals surface area contributed by atoms with Crippen molar-refractivity contribution in [2.45, 2.75) is 19.1 Å². The number of aliphatic hydroxyl groups excluding tert-OH is 2. The summed E-state index contributed by atoms with van der Waals surface area (Å²) in [6, 6.07) is 1.14. The van der Waals surface area contributed by atoms with Crippen LogP contribution in [-0.2, 0) is 4.79 Å². The number of halogens is 1. The molecule has 0 amide bonds. The number of hydrogen-bond acceptors (Lipinski definition) is 6. The summed E-state index contributed by atoms with van der Waals surface area (Å²) in [4.78, 5) is 25.2. The highest BCUT2D eigenvalue weighted by molar-refractivity contribution is 8.13. The van der Waals surface area contributed by atoms with Crippen LogP contribution in [0, 0.1) is 0 Å². The molecule has 1 heterocycles. The second kappa shape index (κ2) is 6.85. The van der Waals surface area contributed by atoms with Crippen molar-refractivity contribution in [2.75, 3.05) is 5.75 Å². The molecular formula is C11H12ClNO5S. The van der Waals surface area contributed by atoms with E-state index in [1.54, 1.807) is 0 Å². The molecule has 0 saturated heterocycles. The summed E-state index contributed by atoms with van der Waals surface area (Å²) in [6.07, 6.45) is -1.61. The van der Waals surface area contributed by atoms with Gasteiger partial charge in [0.25, 0.3) is 0 Å². The van der Waals surface area contributed by atoms with E-state index in [1.165, 1.54) is 6.92 Å². The Bertz CT molecular complexity index is 496. The Morgan fingerprint density at radius 1 is 1.47 bits per heavy atom. The first-order valence-corrected chi connectivity index (χ1v) is 6.57. The van der Waals surface area contributed by atoms with Crippen LogP contribution in [0.4, 0.5) is 0 Å². The van der Waals surface area contributed by atoms with Gasteiger partial charge < -0.3 is 15.3 Å². The Balaban J connectivity index is 2.91. The summed E-state index contributed by atoms with van der Waals surface area (Å²) in [5.41, 5.74) is -0.136. The third kappa shape index (κ3) is 4.46. The fourth-order valence-corrected chi connectivity index (χ4v) is 2.09. The molecule has 0 fully saturated rings. The number of carbonyl (C=O) groups excluding carboxylic acids is 1. The van der Waals surface area contributed by atoms with E-state index < -0.39 is 18.2 Å². The number of thioether (sulfide) groups is 1. The summed E-state index contributed by atoms with van der Waals surface area (Å²) >= 11 is 6.60. The smallest absolute Gasteiger partial charge is 0.337 e. The van der Waals surface area contributed by atoms with Gasteiger partial charge in [0.1, 0.15) is 11.3 Å². The van der Waals surface area contributed by atoms with Crippen molar-refractivity contribution in [3.05, 3.63) is 28.5 Å².